The molecule has 1 aromatic carbocycles. The van der Waals surface area contributed by atoms with Crippen molar-refractivity contribution in [3.8, 4) is 0 Å². The van der Waals surface area contributed by atoms with Gasteiger partial charge in [-0.05, 0) is 31.5 Å². The minimum atomic E-state index is -1.14. The van der Waals surface area contributed by atoms with Gasteiger partial charge in [0.15, 0.2) is 0 Å². The lowest BCUT2D eigenvalue weighted by Crippen LogP contribution is -2.42. The second-order valence-corrected chi connectivity index (χ2v) is 4.64. The summed E-state index contributed by atoms with van der Waals surface area (Å²) in [5, 5.41) is 9.06. The third kappa shape index (κ3) is 3.92. The predicted molar refractivity (Wildman–Crippen MR) is 69.8 cm³/mol. The van der Waals surface area contributed by atoms with Crippen molar-refractivity contribution in [2.75, 3.05) is 6.54 Å². The SMILES string of the molecule is CCC(C)N(CC(=O)O)C(=O)c1cc(Cl)ccc1F. The Balaban J connectivity index is 3.11. The quantitative estimate of drug-likeness (QED) is 0.906. The minimum absolute atomic E-state index is 0.214. The molecule has 0 aliphatic carbocycles. The summed E-state index contributed by atoms with van der Waals surface area (Å²) in [4.78, 5) is 24.1. The van der Waals surface area contributed by atoms with Gasteiger partial charge in [0.1, 0.15) is 12.4 Å². The molecule has 1 rings (SSSR count). The summed E-state index contributed by atoms with van der Waals surface area (Å²) in [5.41, 5.74) is -0.214. The van der Waals surface area contributed by atoms with Crippen LogP contribution in [-0.2, 0) is 4.79 Å². The van der Waals surface area contributed by atoms with Crippen molar-refractivity contribution in [1.29, 1.82) is 0 Å². The number of aliphatic carboxylic acids is 1. The second-order valence-electron chi connectivity index (χ2n) is 4.21. The van der Waals surface area contributed by atoms with Crippen LogP contribution in [0.1, 0.15) is 30.6 Å². The van der Waals surface area contributed by atoms with Crippen molar-refractivity contribution >= 4 is 23.5 Å². The van der Waals surface area contributed by atoms with Crippen LogP contribution in [0.5, 0.6) is 0 Å². The predicted octanol–water partition coefficient (Wildman–Crippen LogP) is 2.80. The molecule has 0 aliphatic rings. The van der Waals surface area contributed by atoms with E-state index in [1.807, 2.05) is 6.92 Å². The molecule has 104 valence electrons. The van der Waals surface area contributed by atoms with Gasteiger partial charge < -0.3 is 10.0 Å². The number of hydrogen-bond donors (Lipinski definition) is 1. The number of amides is 1. The van der Waals surface area contributed by atoms with Crippen molar-refractivity contribution < 1.29 is 19.1 Å². The number of nitrogens with zero attached hydrogens (tertiary/aromatic N) is 1. The molecule has 0 saturated carbocycles. The fourth-order valence-electron chi connectivity index (χ4n) is 1.61. The van der Waals surface area contributed by atoms with Crippen LogP contribution in [0.2, 0.25) is 5.02 Å². The molecule has 0 radical (unpaired) electrons. The van der Waals surface area contributed by atoms with Gasteiger partial charge in [-0.2, -0.15) is 0 Å². The molecular weight excluding hydrogens is 273 g/mol. The fraction of sp³-hybridized carbons (Fsp3) is 0.385. The third-order valence-corrected chi connectivity index (χ3v) is 3.08. The lowest BCUT2D eigenvalue weighted by atomic mass is 10.1. The molecule has 0 bridgehead atoms. The molecule has 0 heterocycles. The van der Waals surface area contributed by atoms with Crippen LogP contribution in [0.4, 0.5) is 4.39 Å². The Hall–Kier alpha value is -1.62. The molecule has 0 fully saturated rings. The largest absolute Gasteiger partial charge is 0.480 e. The Kier molecular flexibility index (Phi) is 5.30. The molecule has 6 heteroatoms. The van der Waals surface area contributed by atoms with Crippen molar-refractivity contribution in [3.05, 3.63) is 34.6 Å². The average molecular weight is 288 g/mol. The van der Waals surface area contributed by atoms with Crippen LogP contribution >= 0.6 is 11.6 Å². The summed E-state index contributed by atoms with van der Waals surface area (Å²) >= 11 is 5.73. The molecule has 1 N–H and O–H groups in total. The Morgan fingerprint density at radius 1 is 1.47 bits per heavy atom. The van der Waals surface area contributed by atoms with Crippen molar-refractivity contribution in [3.63, 3.8) is 0 Å². The molecule has 19 heavy (non-hydrogen) atoms. The van der Waals surface area contributed by atoms with Crippen molar-refractivity contribution in [2.45, 2.75) is 26.3 Å². The van der Waals surface area contributed by atoms with E-state index in [2.05, 4.69) is 0 Å². The van der Waals surface area contributed by atoms with E-state index >= 15 is 0 Å². The second kappa shape index (κ2) is 6.52. The number of hydrogen-bond acceptors (Lipinski definition) is 2. The number of carboxylic acid groups (broad SMARTS) is 1. The lowest BCUT2D eigenvalue weighted by molar-refractivity contribution is -0.138. The zero-order valence-electron chi connectivity index (χ0n) is 10.7. The highest BCUT2D eigenvalue weighted by atomic mass is 35.5. The summed E-state index contributed by atoms with van der Waals surface area (Å²) in [6.45, 7) is 3.06. The normalized spacial score (nSPS) is 12.0. The van der Waals surface area contributed by atoms with Crippen LogP contribution in [0.3, 0.4) is 0 Å². The zero-order chi connectivity index (χ0) is 14.6. The number of carboxylic acids is 1. The van der Waals surface area contributed by atoms with Gasteiger partial charge in [0.25, 0.3) is 5.91 Å². The average Bonchev–Trinajstić information content (AvgIpc) is 2.37. The Bertz CT molecular complexity index is 493. The summed E-state index contributed by atoms with van der Waals surface area (Å²) in [6, 6.07) is 3.32. The lowest BCUT2D eigenvalue weighted by Gasteiger charge is -2.27. The third-order valence-electron chi connectivity index (χ3n) is 2.85. The maximum absolute atomic E-state index is 13.6. The molecule has 4 nitrogen and oxygen atoms in total. The smallest absolute Gasteiger partial charge is 0.323 e. The molecule has 1 aromatic rings. The summed E-state index contributed by atoms with van der Waals surface area (Å²) in [6.07, 6.45) is 0.571. The van der Waals surface area contributed by atoms with Crippen LogP contribution in [0.15, 0.2) is 18.2 Å². The van der Waals surface area contributed by atoms with E-state index in [0.717, 1.165) is 11.0 Å². The van der Waals surface area contributed by atoms with E-state index in [9.17, 15) is 14.0 Å². The van der Waals surface area contributed by atoms with E-state index < -0.39 is 24.2 Å². The molecule has 0 aromatic heterocycles. The first-order valence-corrected chi connectivity index (χ1v) is 6.22. The number of carbonyl (C=O) groups is 2. The first-order chi connectivity index (χ1) is 8.86. The first-order valence-electron chi connectivity index (χ1n) is 5.84. The van der Waals surface area contributed by atoms with Gasteiger partial charge in [-0.3, -0.25) is 9.59 Å². The van der Waals surface area contributed by atoms with E-state index in [4.69, 9.17) is 16.7 Å². The fourth-order valence-corrected chi connectivity index (χ4v) is 1.78. The van der Waals surface area contributed by atoms with E-state index in [1.54, 1.807) is 6.92 Å². The first kappa shape index (κ1) is 15.4. The molecule has 1 atom stereocenters. The van der Waals surface area contributed by atoms with Gasteiger partial charge in [-0.1, -0.05) is 18.5 Å². The van der Waals surface area contributed by atoms with E-state index in [-0.39, 0.29) is 16.6 Å². The molecular formula is C13H15ClFNO3. The van der Waals surface area contributed by atoms with Gasteiger partial charge in [-0.15, -0.1) is 0 Å². The highest BCUT2D eigenvalue weighted by Crippen LogP contribution is 2.18. The van der Waals surface area contributed by atoms with Gasteiger partial charge in [0.2, 0.25) is 0 Å². The molecule has 0 saturated heterocycles. The standard InChI is InChI=1S/C13H15ClFNO3/c1-3-8(2)16(7-12(17)18)13(19)10-6-9(14)4-5-11(10)15/h4-6,8H,3,7H2,1-2H3,(H,17,18). The van der Waals surface area contributed by atoms with Crippen LogP contribution in [0, 0.1) is 5.82 Å². The zero-order valence-corrected chi connectivity index (χ0v) is 11.4. The van der Waals surface area contributed by atoms with Crippen molar-refractivity contribution in [1.82, 2.24) is 4.90 Å². The summed E-state index contributed by atoms with van der Waals surface area (Å²) < 4.78 is 13.6. The highest BCUT2D eigenvalue weighted by molar-refractivity contribution is 6.31. The molecule has 0 aliphatic heterocycles. The van der Waals surface area contributed by atoms with Gasteiger partial charge in [-0.25, -0.2) is 4.39 Å². The van der Waals surface area contributed by atoms with Gasteiger partial charge in [0.05, 0.1) is 5.56 Å². The molecule has 0 spiro atoms. The Labute approximate surface area is 115 Å². The number of benzene rings is 1. The summed E-state index contributed by atoms with van der Waals surface area (Å²) in [7, 11) is 0. The maximum atomic E-state index is 13.6. The molecule has 1 unspecified atom stereocenters. The van der Waals surface area contributed by atoms with E-state index in [0.29, 0.717) is 6.42 Å². The van der Waals surface area contributed by atoms with Crippen LogP contribution in [0.25, 0.3) is 0 Å². The minimum Gasteiger partial charge on any atom is -0.480 e. The maximum Gasteiger partial charge on any atom is 0.323 e. The van der Waals surface area contributed by atoms with Crippen molar-refractivity contribution in [2.24, 2.45) is 0 Å². The number of rotatable bonds is 5. The molecule has 1 amide bonds. The van der Waals surface area contributed by atoms with Gasteiger partial charge in [0, 0.05) is 11.1 Å². The highest BCUT2D eigenvalue weighted by Gasteiger charge is 2.25. The monoisotopic (exact) mass is 287 g/mol. The van der Waals surface area contributed by atoms with Crippen LogP contribution < -0.4 is 0 Å². The number of carbonyl (C=O) groups excluding carboxylic acids is 1. The topological polar surface area (TPSA) is 57.6 Å². The summed E-state index contributed by atoms with van der Waals surface area (Å²) in [5.74, 6) is -2.53. The van der Waals surface area contributed by atoms with Crippen LogP contribution in [-0.4, -0.2) is 34.5 Å². The Morgan fingerprint density at radius 3 is 2.63 bits per heavy atom. The Morgan fingerprint density at radius 2 is 2.11 bits per heavy atom. The van der Waals surface area contributed by atoms with Gasteiger partial charge >= 0.3 is 5.97 Å². The number of halogens is 2. The van der Waals surface area contributed by atoms with E-state index in [1.165, 1.54) is 12.1 Å².